The lowest BCUT2D eigenvalue weighted by Gasteiger charge is -2.24. The van der Waals surface area contributed by atoms with E-state index in [4.69, 9.17) is 9.73 Å². The van der Waals surface area contributed by atoms with Crippen molar-refractivity contribution in [2.24, 2.45) is 10.4 Å². The zero-order valence-electron chi connectivity index (χ0n) is 13.8. The number of ether oxygens (including phenoxy) is 1. The molecule has 1 spiro atoms. The third-order valence-electron chi connectivity index (χ3n) is 4.63. The van der Waals surface area contributed by atoms with E-state index in [2.05, 4.69) is 36.0 Å². The van der Waals surface area contributed by atoms with Gasteiger partial charge in [-0.3, -0.25) is 0 Å². The summed E-state index contributed by atoms with van der Waals surface area (Å²) in [6.45, 7) is 11.9. The summed E-state index contributed by atoms with van der Waals surface area (Å²) in [5.74, 6) is 1.04. The first-order chi connectivity index (χ1) is 10.6. The van der Waals surface area contributed by atoms with Crippen molar-refractivity contribution in [2.45, 2.75) is 40.2 Å². The molecule has 0 radical (unpaired) electrons. The maximum absolute atomic E-state index is 5.62. The van der Waals surface area contributed by atoms with E-state index in [-0.39, 0.29) is 0 Å². The maximum atomic E-state index is 5.62. The fraction of sp³-hybridized carbons (Fsp3) is 0.750. The Hall–Kier alpha value is -1.14. The van der Waals surface area contributed by atoms with E-state index in [1.807, 2.05) is 0 Å². The zero-order chi connectivity index (χ0) is 15.6. The Balaban J connectivity index is 1.69. The van der Waals surface area contributed by atoms with Gasteiger partial charge in [-0.15, -0.1) is 11.3 Å². The molecule has 0 bridgehead atoms. The van der Waals surface area contributed by atoms with Gasteiger partial charge in [0, 0.05) is 36.5 Å². The molecule has 2 fully saturated rings. The Morgan fingerprint density at radius 1 is 1.45 bits per heavy atom. The molecule has 0 saturated carbocycles. The van der Waals surface area contributed by atoms with Crippen LogP contribution in [0.4, 0.5) is 0 Å². The summed E-state index contributed by atoms with van der Waals surface area (Å²) in [5, 5.41) is 4.57. The highest BCUT2D eigenvalue weighted by atomic mass is 32.1. The molecule has 1 aromatic heterocycles. The van der Waals surface area contributed by atoms with Crippen molar-refractivity contribution in [1.29, 1.82) is 0 Å². The van der Waals surface area contributed by atoms with E-state index in [0.717, 1.165) is 56.1 Å². The van der Waals surface area contributed by atoms with Gasteiger partial charge in [-0.1, -0.05) is 0 Å². The number of hydrogen-bond donors (Lipinski definition) is 1. The minimum Gasteiger partial charge on any atom is -0.381 e. The van der Waals surface area contributed by atoms with Crippen molar-refractivity contribution in [3.63, 3.8) is 0 Å². The molecular formula is C16H26N4OS. The number of aryl methyl sites for hydroxylation is 2. The first kappa shape index (κ1) is 15.7. The van der Waals surface area contributed by atoms with Gasteiger partial charge in [0.15, 0.2) is 5.96 Å². The Morgan fingerprint density at radius 2 is 2.32 bits per heavy atom. The number of hydrogen-bond acceptors (Lipinski definition) is 4. The Morgan fingerprint density at radius 3 is 2.95 bits per heavy atom. The van der Waals surface area contributed by atoms with Crippen molar-refractivity contribution in [3.05, 3.63) is 15.6 Å². The number of thiazole rings is 1. The molecule has 2 aliphatic rings. The van der Waals surface area contributed by atoms with Crippen molar-refractivity contribution >= 4 is 17.3 Å². The van der Waals surface area contributed by atoms with Crippen LogP contribution in [0.15, 0.2) is 4.99 Å². The highest BCUT2D eigenvalue weighted by Gasteiger charge is 2.42. The smallest absolute Gasteiger partial charge is 0.194 e. The van der Waals surface area contributed by atoms with Crippen LogP contribution in [-0.4, -0.2) is 48.7 Å². The van der Waals surface area contributed by atoms with E-state index in [1.54, 1.807) is 11.3 Å². The van der Waals surface area contributed by atoms with Crippen LogP contribution in [0.25, 0.3) is 0 Å². The molecule has 0 aliphatic carbocycles. The molecule has 0 amide bonds. The first-order valence-electron chi connectivity index (χ1n) is 8.16. The van der Waals surface area contributed by atoms with Crippen LogP contribution < -0.4 is 5.32 Å². The summed E-state index contributed by atoms with van der Waals surface area (Å²) >= 11 is 1.75. The third kappa shape index (κ3) is 3.27. The SMILES string of the molecule is CCNC(=NCc1sc(C)nc1C)N1CCC2(CCOC2)C1. The molecule has 22 heavy (non-hydrogen) atoms. The molecule has 1 unspecified atom stereocenters. The molecule has 1 N–H and O–H groups in total. The van der Waals surface area contributed by atoms with Gasteiger partial charge in [0.25, 0.3) is 0 Å². The second-order valence-corrected chi connectivity index (χ2v) is 7.67. The normalized spacial score (nSPS) is 25.4. The number of aromatic nitrogens is 1. The van der Waals surface area contributed by atoms with E-state index in [9.17, 15) is 0 Å². The zero-order valence-corrected chi connectivity index (χ0v) is 14.6. The van der Waals surface area contributed by atoms with E-state index in [0.29, 0.717) is 5.41 Å². The largest absolute Gasteiger partial charge is 0.381 e. The minimum absolute atomic E-state index is 0.368. The van der Waals surface area contributed by atoms with Crippen molar-refractivity contribution in [3.8, 4) is 0 Å². The minimum atomic E-state index is 0.368. The number of aliphatic imine (C=N–C) groups is 1. The Labute approximate surface area is 136 Å². The fourth-order valence-corrected chi connectivity index (χ4v) is 4.24. The number of nitrogens with one attached hydrogen (secondary N) is 1. The van der Waals surface area contributed by atoms with Gasteiger partial charge in [-0.05, 0) is 33.6 Å². The highest BCUT2D eigenvalue weighted by Crippen LogP contribution is 2.38. The summed E-state index contributed by atoms with van der Waals surface area (Å²) in [6, 6.07) is 0. The van der Waals surface area contributed by atoms with Crippen molar-refractivity contribution in [1.82, 2.24) is 15.2 Å². The second kappa shape index (κ2) is 6.54. The summed E-state index contributed by atoms with van der Waals surface area (Å²) in [7, 11) is 0. The lowest BCUT2D eigenvalue weighted by Crippen LogP contribution is -2.41. The number of rotatable bonds is 3. The van der Waals surface area contributed by atoms with Crippen LogP contribution in [0, 0.1) is 19.3 Å². The lowest BCUT2D eigenvalue weighted by molar-refractivity contribution is 0.156. The summed E-state index contributed by atoms with van der Waals surface area (Å²) in [5.41, 5.74) is 1.48. The first-order valence-corrected chi connectivity index (χ1v) is 8.97. The standard InChI is InChI=1S/C16H26N4OS/c1-4-17-15(18-9-14-12(2)19-13(3)22-14)20-7-5-16(10-20)6-8-21-11-16/h4-11H2,1-3H3,(H,17,18). The van der Waals surface area contributed by atoms with Crippen LogP contribution in [0.1, 0.15) is 35.3 Å². The fourth-order valence-electron chi connectivity index (χ4n) is 3.38. The van der Waals surface area contributed by atoms with Crippen LogP contribution in [0.3, 0.4) is 0 Å². The molecule has 3 heterocycles. The molecule has 1 atom stereocenters. The quantitative estimate of drug-likeness (QED) is 0.685. The third-order valence-corrected chi connectivity index (χ3v) is 5.69. The summed E-state index contributed by atoms with van der Waals surface area (Å²) < 4.78 is 5.62. The molecular weight excluding hydrogens is 296 g/mol. The van der Waals surface area contributed by atoms with Gasteiger partial charge in [-0.25, -0.2) is 9.98 Å². The maximum Gasteiger partial charge on any atom is 0.194 e. The van der Waals surface area contributed by atoms with Crippen LogP contribution in [0.2, 0.25) is 0 Å². The number of guanidine groups is 1. The Kier molecular flexibility index (Phi) is 4.68. The monoisotopic (exact) mass is 322 g/mol. The topological polar surface area (TPSA) is 49.8 Å². The molecule has 0 aromatic carbocycles. The van der Waals surface area contributed by atoms with Crippen molar-refractivity contribution < 1.29 is 4.74 Å². The van der Waals surface area contributed by atoms with Gasteiger partial charge in [-0.2, -0.15) is 0 Å². The number of nitrogens with zero attached hydrogens (tertiary/aromatic N) is 3. The average Bonchev–Trinajstić information content (AvgIpc) is 3.19. The summed E-state index contributed by atoms with van der Waals surface area (Å²) in [4.78, 5) is 13.0. The predicted octanol–water partition coefficient (Wildman–Crippen LogP) is 2.34. The van der Waals surface area contributed by atoms with Gasteiger partial charge in [0.2, 0.25) is 0 Å². The Bertz CT molecular complexity index is 548. The van der Waals surface area contributed by atoms with E-state index >= 15 is 0 Å². The van der Waals surface area contributed by atoms with Gasteiger partial charge in [0.1, 0.15) is 0 Å². The number of likely N-dealkylation sites (tertiary alicyclic amines) is 1. The lowest BCUT2D eigenvalue weighted by atomic mass is 9.87. The molecule has 2 saturated heterocycles. The van der Waals surface area contributed by atoms with Gasteiger partial charge in [0.05, 0.1) is 23.9 Å². The van der Waals surface area contributed by atoms with Gasteiger partial charge < -0.3 is 15.0 Å². The average molecular weight is 322 g/mol. The molecule has 5 nitrogen and oxygen atoms in total. The molecule has 3 rings (SSSR count). The van der Waals surface area contributed by atoms with E-state index < -0.39 is 0 Å². The van der Waals surface area contributed by atoms with Crippen LogP contribution >= 0.6 is 11.3 Å². The van der Waals surface area contributed by atoms with Gasteiger partial charge >= 0.3 is 0 Å². The predicted molar refractivity (Wildman–Crippen MR) is 90.5 cm³/mol. The van der Waals surface area contributed by atoms with Crippen LogP contribution in [0.5, 0.6) is 0 Å². The van der Waals surface area contributed by atoms with Crippen molar-refractivity contribution in [2.75, 3.05) is 32.8 Å². The molecule has 122 valence electrons. The van der Waals surface area contributed by atoms with E-state index in [1.165, 1.54) is 17.7 Å². The second-order valence-electron chi connectivity index (χ2n) is 6.39. The molecule has 6 heteroatoms. The highest BCUT2D eigenvalue weighted by molar-refractivity contribution is 7.11. The molecule has 2 aliphatic heterocycles. The summed E-state index contributed by atoms with van der Waals surface area (Å²) in [6.07, 6.45) is 2.41. The molecule has 1 aromatic rings. The van der Waals surface area contributed by atoms with Crippen LogP contribution in [-0.2, 0) is 11.3 Å².